The van der Waals surface area contributed by atoms with Gasteiger partial charge in [0.15, 0.2) is 5.17 Å². The molecule has 6 heteroatoms. The van der Waals surface area contributed by atoms with Gasteiger partial charge in [0.1, 0.15) is 0 Å². The van der Waals surface area contributed by atoms with Crippen molar-refractivity contribution in [1.29, 1.82) is 0 Å². The Morgan fingerprint density at radius 3 is 2.27 bits per heavy atom. The van der Waals surface area contributed by atoms with Gasteiger partial charge in [0.2, 0.25) is 0 Å². The second-order valence-corrected chi connectivity index (χ2v) is 7.74. The van der Waals surface area contributed by atoms with Crippen molar-refractivity contribution in [3.63, 3.8) is 0 Å². The largest absolute Gasteiger partial charge is 0.481 e. The van der Waals surface area contributed by atoms with Crippen LogP contribution in [0.1, 0.15) is 11.1 Å². The van der Waals surface area contributed by atoms with E-state index in [9.17, 15) is 9.59 Å². The van der Waals surface area contributed by atoms with Crippen LogP contribution in [0.3, 0.4) is 0 Å². The number of rotatable bonds is 5. The van der Waals surface area contributed by atoms with Gasteiger partial charge in [-0.05, 0) is 52.2 Å². The predicted molar refractivity (Wildman–Crippen MR) is 120 cm³/mol. The second-order valence-electron chi connectivity index (χ2n) is 6.71. The topological polar surface area (TPSA) is 78.8 Å². The number of benzene rings is 3. The van der Waals surface area contributed by atoms with Crippen LogP contribution in [0.15, 0.2) is 88.8 Å². The lowest BCUT2D eigenvalue weighted by atomic mass is 10.0. The molecule has 3 aromatic carbocycles. The summed E-state index contributed by atoms with van der Waals surface area (Å²) in [7, 11) is 0. The molecule has 0 aromatic heterocycles. The number of hydrogen-bond acceptors (Lipinski definition) is 4. The number of nitrogens with one attached hydrogen (secondary N) is 1. The normalized spacial score (nSPS) is 16.1. The summed E-state index contributed by atoms with van der Waals surface area (Å²) in [6.07, 6.45) is 1.81. The lowest BCUT2D eigenvalue weighted by Crippen LogP contribution is -2.19. The molecule has 3 aromatic rings. The van der Waals surface area contributed by atoms with Crippen LogP contribution in [0, 0.1) is 0 Å². The number of amides is 1. The number of carboxylic acid groups (broad SMARTS) is 1. The molecule has 0 saturated carbocycles. The van der Waals surface area contributed by atoms with Gasteiger partial charge in [-0.3, -0.25) is 9.59 Å². The number of carbonyl (C=O) groups is 2. The molecule has 1 amide bonds. The number of carboxylic acids is 1. The number of carbonyl (C=O) groups excluding carboxylic acids is 1. The van der Waals surface area contributed by atoms with Gasteiger partial charge < -0.3 is 10.4 Å². The molecule has 0 spiro atoms. The molecule has 4 rings (SSSR count). The SMILES string of the molecule is O=C(O)Cc1ccc(N=C2NC(=O)/C(=C\c3ccc(-c4ccccc4)cc3)S2)cc1. The van der Waals surface area contributed by atoms with E-state index in [2.05, 4.69) is 22.4 Å². The van der Waals surface area contributed by atoms with Gasteiger partial charge in [-0.2, -0.15) is 0 Å². The summed E-state index contributed by atoms with van der Waals surface area (Å²) < 4.78 is 0. The maximum Gasteiger partial charge on any atom is 0.307 e. The van der Waals surface area contributed by atoms with E-state index in [0.717, 1.165) is 16.7 Å². The van der Waals surface area contributed by atoms with Crippen LogP contribution in [0.4, 0.5) is 5.69 Å². The maximum absolute atomic E-state index is 12.3. The molecule has 0 radical (unpaired) electrons. The van der Waals surface area contributed by atoms with Gasteiger partial charge in [-0.25, -0.2) is 4.99 Å². The zero-order chi connectivity index (χ0) is 20.9. The molecule has 1 heterocycles. The highest BCUT2D eigenvalue weighted by Gasteiger charge is 2.23. The quantitative estimate of drug-likeness (QED) is 0.584. The van der Waals surface area contributed by atoms with Gasteiger partial charge >= 0.3 is 5.97 Å². The monoisotopic (exact) mass is 414 g/mol. The van der Waals surface area contributed by atoms with E-state index in [-0.39, 0.29) is 12.3 Å². The van der Waals surface area contributed by atoms with Crippen LogP contribution in [-0.4, -0.2) is 22.2 Å². The van der Waals surface area contributed by atoms with Crippen molar-refractivity contribution in [3.8, 4) is 11.1 Å². The number of amidine groups is 1. The van der Waals surface area contributed by atoms with E-state index in [1.165, 1.54) is 11.8 Å². The Hall–Kier alpha value is -3.64. The molecule has 148 valence electrons. The Labute approximate surface area is 178 Å². The van der Waals surface area contributed by atoms with E-state index in [1.807, 2.05) is 48.5 Å². The van der Waals surface area contributed by atoms with Crippen molar-refractivity contribution >= 4 is 40.6 Å². The first-order chi connectivity index (χ1) is 14.6. The lowest BCUT2D eigenvalue weighted by molar-refractivity contribution is -0.136. The summed E-state index contributed by atoms with van der Waals surface area (Å²) >= 11 is 1.28. The van der Waals surface area contributed by atoms with Gasteiger partial charge in [-0.1, -0.05) is 66.7 Å². The zero-order valence-electron chi connectivity index (χ0n) is 15.9. The fourth-order valence-corrected chi connectivity index (χ4v) is 3.86. The first kappa shape index (κ1) is 19.7. The first-order valence-electron chi connectivity index (χ1n) is 9.33. The molecule has 5 nitrogen and oxygen atoms in total. The average molecular weight is 414 g/mol. The summed E-state index contributed by atoms with van der Waals surface area (Å²) in [5.74, 6) is -1.06. The van der Waals surface area contributed by atoms with E-state index in [0.29, 0.717) is 21.3 Å². The van der Waals surface area contributed by atoms with Crippen LogP contribution in [0.5, 0.6) is 0 Å². The van der Waals surface area contributed by atoms with Crippen molar-refractivity contribution in [2.75, 3.05) is 0 Å². The van der Waals surface area contributed by atoms with Crippen LogP contribution >= 0.6 is 11.8 Å². The highest BCUT2D eigenvalue weighted by Crippen LogP contribution is 2.29. The van der Waals surface area contributed by atoms with E-state index in [4.69, 9.17) is 5.11 Å². The van der Waals surface area contributed by atoms with Gasteiger partial charge in [-0.15, -0.1) is 0 Å². The molecule has 0 aliphatic carbocycles. The lowest BCUT2D eigenvalue weighted by Gasteiger charge is -2.02. The number of aliphatic carboxylic acids is 1. The molecule has 1 fully saturated rings. The van der Waals surface area contributed by atoms with Crippen molar-refractivity contribution in [2.45, 2.75) is 6.42 Å². The van der Waals surface area contributed by atoms with Crippen molar-refractivity contribution in [3.05, 3.63) is 94.9 Å². The summed E-state index contributed by atoms with van der Waals surface area (Å²) in [6.45, 7) is 0. The van der Waals surface area contributed by atoms with Crippen molar-refractivity contribution < 1.29 is 14.7 Å². The van der Waals surface area contributed by atoms with Gasteiger partial charge in [0.05, 0.1) is 17.0 Å². The Morgan fingerprint density at radius 1 is 0.933 bits per heavy atom. The Kier molecular flexibility index (Phi) is 5.77. The highest BCUT2D eigenvalue weighted by molar-refractivity contribution is 8.18. The molecule has 0 unspecified atom stereocenters. The van der Waals surface area contributed by atoms with Crippen molar-refractivity contribution in [1.82, 2.24) is 5.32 Å². The molecule has 0 bridgehead atoms. The fraction of sp³-hybridized carbons (Fsp3) is 0.0417. The molecule has 2 N–H and O–H groups in total. The van der Waals surface area contributed by atoms with Crippen LogP contribution in [0.2, 0.25) is 0 Å². The molecule has 1 aliphatic rings. The number of thioether (sulfide) groups is 1. The molecule has 1 saturated heterocycles. The summed E-state index contributed by atoms with van der Waals surface area (Å²) in [4.78, 5) is 28.1. The van der Waals surface area contributed by atoms with Gasteiger partial charge in [0, 0.05) is 0 Å². The van der Waals surface area contributed by atoms with E-state index < -0.39 is 5.97 Å². The Morgan fingerprint density at radius 2 is 1.60 bits per heavy atom. The molecule has 0 atom stereocenters. The van der Waals surface area contributed by atoms with E-state index in [1.54, 1.807) is 24.3 Å². The number of hydrogen-bond donors (Lipinski definition) is 2. The summed E-state index contributed by atoms with van der Waals surface area (Å²) in [5, 5.41) is 12.1. The third-order valence-corrected chi connectivity index (χ3v) is 5.40. The molecular weight excluding hydrogens is 396 g/mol. The third kappa shape index (κ3) is 4.85. The third-order valence-electron chi connectivity index (χ3n) is 4.49. The standard InChI is InChI=1S/C24H18N2O3S/c27-22(28)15-17-8-12-20(13-9-17)25-24-26-23(29)21(30-24)14-16-6-10-19(11-7-16)18-4-2-1-3-5-18/h1-14H,15H2,(H,27,28)(H,25,26,29)/b21-14+. The molecule has 1 aliphatic heterocycles. The zero-order valence-corrected chi connectivity index (χ0v) is 16.7. The molecular formula is C24H18N2O3S. The average Bonchev–Trinajstić information content (AvgIpc) is 3.09. The minimum atomic E-state index is -0.876. The Balaban J connectivity index is 1.47. The number of nitrogens with zero attached hydrogens (tertiary/aromatic N) is 1. The highest BCUT2D eigenvalue weighted by atomic mass is 32.2. The summed E-state index contributed by atoms with van der Waals surface area (Å²) in [5.41, 5.74) is 4.56. The smallest absolute Gasteiger partial charge is 0.307 e. The molecule has 30 heavy (non-hydrogen) atoms. The minimum absolute atomic E-state index is 0.0295. The van der Waals surface area contributed by atoms with Crippen LogP contribution < -0.4 is 5.32 Å². The van der Waals surface area contributed by atoms with Crippen molar-refractivity contribution in [2.24, 2.45) is 4.99 Å². The number of aliphatic imine (C=N–C) groups is 1. The van der Waals surface area contributed by atoms with E-state index >= 15 is 0 Å². The second kappa shape index (κ2) is 8.80. The predicted octanol–water partition coefficient (Wildman–Crippen LogP) is 4.87. The van der Waals surface area contributed by atoms with Crippen LogP contribution in [0.25, 0.3) is 17.2 Å². The fourth-order valence-electron chi connectivity index (χ4n) is 3.01. The minimum Gasteiger partial charge on any atom is -0.481 e. The maximum atomic E-state index is 12.3. The first-order valence-corrected chi connectivity index (χ1v) is 10.1. The Bertz CT molecular complexity index is 1140. The van der Waals surface area contributed by atoms with Crippen LogP contribution in [-0.2, 0) is 16.0 Å². The summed E-state index contributed by atoms with van der Waals surface area (Å²) in [6, 6.07) is 25.1. The van der Waals surface area contributed by atoms with Gasteiger partial charge in [0.25, 0.3) is 5.91 Å².